The fourth-order valence-electron chi connectivity index (χ4n) is 2.32. The van der Waals surface area contributed by atoms with Crippen molar-refractivity contribution in [3.05, 3.63) is 45.7 Å². The van der Waals surface area contributed by atoms with Crippen molar-refractivity contribution in [2.45, 2.75) is 26.7 Å². The average Bonchev–Trinajstić information content (AvgIpc) is 2.74. The number of hydrogen-bond donors (Lipinski definition) is 0. The second-order valence-corrected chi connectivity index (χ2v) is 5.35. The molecule has 1 aromatic carbocycles. The van der Waals surface area contributed by atoms with Gasteiger partial charge >= 0.3 is 0 Å². The number of benzene rings is 1. The van der Waals surface area contributed by atoms with Crippen LogP contribution in [0.5, 0.6) is 5.75 Å². The highest BCUT2D eigenvalue weighted by Gasteiger charge is 2.17. The van der Waals surface area contributed by atoms with E-state index < -0.39 is 0 Å². The molecule has 0 aliphatic heterocycles. The van der Waals surface area contributed by atoms with Crippen LogP contribution in [0.25, 0.3) is 0 Å². The maximum atomic E-state index is 12.4. The van der Waals surface area contributed by atoms with Gasteiger partial charge in [-0.2, -0.15) is 5.10 Å². The molecule has 0 saturated carbocycles. The lowest BCUT2D eigenvalue weighted by atomic mass is 10.0. The third kappa shape index (κ3) is 3.10. The summed E-state index contributed by atoms with van der Waals surface area (Å²) in [6.45, 7) is 3.91. The van der Waals surface area contributed by atoms with E-state index >= 15 is 0 Å². The molecule has 0 aliphatic rings. The smallest absolute Gasteiger partial charge is 0.168 e. The van der Waals surface area contributed by atoms with E-state index in [0.717, 1.165) is 29.1 Å². The summed E-state index contributed by atoms with van der Waals surface area (Å²) in [6.07, 6.45) is 0.997. The minimum absolute atomic E-state index is 0.0216. The Bertz CT molecular complexity index is 677. The monoisotopic (exact) mass is 306 g/mol. The van der Waals surface area contributed by atoms with Crippen molar-refractivity contribution in [3.8, 4) is 5.75 Å². The SMILES string of the molecule is CCc1nn(C)c(CC(=O)c2ccc(OC)c(C)c2)c1Cl. The molecule has 4 nitrogen and oxygen atoms in total. The highest BCUT2D eigenvalue weighted by Crippen LogP contribution is 2.24. The van der Waals surface area contributed by atoms with Gasteiger partial charge in [-0.3, -0.25) is 9.48 Å². The fraction of sp³-hybridized carbons (Fsp3) is 0.375. The summed E-state index contributed by atoms with van der Waals surface area (Å²) < 4.78 is 6.90. The van der Waals surface area contributed by atoms with Crippen LogP contribution >= 0.6 is 11.6 Å². The molecule has 2 rings (SSSR count). The topological polar surface area (TPSA) is 44.1 Å². The Labute approximate surface area is 129 Å². The Morgan fingerprint density at radius 1 is 1.43 bits per heavy atom. The largest absolute Gasteiger partial charge is 0.496 e. The van der Waals surface area contributed by atoms with Crippen LogP contribution in [0.4, 0.5) is 0 Å². The molecule has 2 aromatic rings. The Balaban J connectivity index is 2.26. The minimum atomic E-state index is 0.0216. The molecule has 0 spiro atoms. The van der Waals surface area contributed by atoms with Gasteiger partial charge in [-0.25, -0.2) is 0 Å². The first-order chi connectivity index (χ1) is 9.97. The summed E-state index contributed by atoms with van der Waals surface area (Å²) in [5.41, 5.74) is 3.18. The molecule has 1 heterocycles. The van der Waals surface area contributed by atoms with E-state index in [9.17, 15) is 4.79 Å². The first kappa shape index (κ1) is 15.6. The zero-order valence-electron chi connectivity index (χ0n) is 12.7. The predicted molar refractivity (Wildman–Crippen MR) is 83.4 cm³/mol. The first-order valence-corrected chi connectivity index (χ1v) is 7.23. The van der Waals surface area contributed by atoms with Crippen molar-refractivity contribution in [2.24, 2.45) is 7.05 Å². The van der Waals surface area contributed by atoms with E-state index in [-0.39, 0.29) is 12.2 Å². The molecule has 0 saturated heterocycles. The second-order valence-electron chi connectivity index (χ2n) is 4.97. The molecule has 0 radical (unpaired) electrons. The number of aryl methyl sites for hydroxylation is 3. The van der Waals surface area contributed by atoms with E-state index in [2.05, 4.69) is 5.10 Å². The number of nitrogens with zero attached hydrogens (tertiary/aromatic N) is 2. The van der Waals surface area contributed by atoms with Gasteiger partial charge < -0.3 is 4.74 Å². The molecular weight excluding hydrogens is 288 g/mol. The average molecular weight is 307 g/mol. The lowest BCUT2D eigenvalue weighted by Gasteiger charge is -2.07. The van der Waals surface area contributed by atoms with Crippen molar-refractivity contribution in [3.63, 3.8) is 0 Å². The summed E-state index contributed by atoms with van der Waals surface area (Å²) in [4.78, 5) is 12.4. The van der Waals surface area contributed by atoms with Crippen LogP contribution in [0.15, 0.2) is 18.2 Å². The number of aromatic nitrogens is 2. The minimum Gasteiger partial charge on any atom is -0.496 e. The Morgan fingerprint density at radius 3 is 2.67 bits per heavy atom. The molecule has 0 bridgehead atoms. The van der Waals surface area contributed by atoms with Gasteiger partial charge in [0.1, 0.15) is 5.75 Å². The number of Topliss-reactive ketones (excluding diaryl/α,β-unsaturated/α-hetero) is 1. The molecule has 21 heavy (non-hydrogen) atoms. The van der Waals surface area contributed by atoms with Gasteiger partial charge in [0.2, 0.25) is 0 Å². The number of rotatable bonds is 5. The van der Waals surface area contributed by atoms with Crippen LogP contribution in [0.1, 0.15) is 34.2 Å². The number of hydrogen-bond acceptors (Lipinski definition) is 3. The van der Waals surface area contributed by atoms with Crippen LogP contribution in [-0.2, 0) is 19.9 Å². The van der Waals surface area contributed by atoms with Gasteiger partial charge in [-0.15, -0.1) is 0 Å². The number of ketones is 1. The zero-order chi connectivity index (χ0) is 15.6. The second kappa shape index (κ2) is 6.31. The van der Waals surface area contributed by atoms with E-state index in [4.69, 9.17) is 16.3 Å². The molecule has 0 fully saturated rings. The maximum Gasteiger partial charge on any atom is 0.168 e. The number of ether oxygens (including phenoxy) is 1. The van der Waals surface area contributed by atoms with E-state index in [1.807, 2.05) is 33.0 Å². The molecule has 0 aliphatic carbocycles. The van der Waals surface area contributed by atoms with Crippen molar-refractivity contribution in [2.75, 3.05) is 7.11 Å². The molecule has 1 aromatic heterocycles. The molecular formula is C16H19ClN2O2. The van der Waals surface area contributed by atoms with Crippen molar-refractivity contribution >= 4 is 17.4 Å². The third-order valence-electron chi connectivity index (χ3n) is 3.55. The summed E-state index contributed by atoms with van der Waals surface area (Å²) in [6, 6.07) is 5.43. The molecule has 112 valence electrons. The quantitative estimate of drug-likeness (QED) is 0.795. The van der Waals surface area contributed by atoms with Crippen molar-refractivity contribution in [1.29, 1.82) is 0 Å². The highest BCUT2D eigenvalue weighted by atomic mass is 35.5. The summed E-state index contributed by atoms with van der Waals surface area (Å²) >= 11 is 6.28. The molecule has 0 unspecified atom stereocenters. The zero-order valence-corrected chi connectivity index (χ0v) is 13.5. The van der Waals surface area contributed by atoms with E-state index in [1.165, 1.54) is 0 Å². The van der Waals surface area contributed by atoms with Gasteiger partial charge in [-0.1, -0.05) is 18.5 Å². The van der Waals surface area contributed by atoms with Gasteiger partial charge in [0, 0.05) is 12.6 Å². The third-order valence-corrected chi connectivity index (χ3v) is 3.98. The standard InChI is InChI=1S/C16H19ClN2O2/c1-5-12-16(17)13(19(3)18-12)9-14(20)11-6-7-15(21-4)10(2)8-11/h6-8H,5,9H2,1-4H3. The van der Waals surface area contributed by atoms with Crippen molar-refractivity contribution in [1.82, 2.24) is 9.78 Å². The molecule has 0 amide bonds. The molecule has 5 heteroatoms. The Hall–Kier alpha value is -1.81. The molecule has 0 atom stereocenters. The van der Waals surface area contributed by atoms with Crippen LogP contribution in [0.2, 0.25) is 5.02 Å². The van der Waals surface area contributed by atoms with Crippen LogP contribution in [0.3, 0.4) is 0 Å². The van der Waals surface area contributed by atoms with Crippen molar-refractivity contribution < 1.29 is 9.53 Å². The van der Waals surface area contributed by atoms with Gasteiger partial charge in [0.15, 0.2) is 5.78 Å². The predicted octanol–water partition coefficient (Wildman–Crippen LogP) is 3.38. The molecule has 0 N–H and O–H groups in total. The summed E-state index contributed by atoms with van der Waals surface area (Å²) in [5.74, 6) is 0.798. The normalized spacial score (nSPS) is 10.7. The van der Waals surface area contributed by atoms with E-state index in [0.29, 0.717) is 10.6 Å². The Kier molecular flexibility index (Phi) is 4.68. The number of methoxy groups -OCH3 is 1. The van der Waals surface area contributed by atoms with Gasteiger partial charge in [0.05, 0.1) is 29.9 Å². The highest BCUT2D eigenvalue weighted by molar-refractivity contribution is 6.32. The van der Waals surface area contributed by atoms with Crippen LogP contribution < -0.4 is 4.74 Å². The van der Waals surface area contributed by atoms with Crippen LogP contribution in [0, 0.1) is 6.92 Å². The first-order valence-electron chi connectivity index (χ1n) is 6.86. The maximum absolute atomic E-state index is 12.4. The lowest BCUT2D eigenvalue weighted by molar-refractivity contribution is 0.0990. The number of carbonyl (C=O) groups is 1. The fourth-order valence-corrected chi connectivity index (χ4v) is 2.68. The van der Waals surface area contributed by atoms with Gasteiger partial charge in [-0.05, 0) is 37.1 Å². The van der Waals surface area contributed by atoms with E-state index in [1.54, 1.807) is 17.9 Å². The number of carbonyl (C=O) groups excluding carboxylic acids is 1. The van der Waals surface area contributed by atoms with Gasteiger partial charge in [0.25, 0.3) is 0 Å². The lowest BCUT2D eigenvalue weighted by Crippen LogP contribution is -2.08. The summed E-state index contributed by atoms with van der Waals surface area (Å²) in [5, 5.41) is 4.93. The number of halogens is 1. The Morgan fingerprint density at radius 2 is 2.14 bits per heavy atom. The summed E-state index contributed by atoms with van der Waals surface area (Å²) in [7, 11) is 3.43. The van der Waals surface area contributed by atoms with Crippen LogP contribution in [-0.4, -0.2) is 22.7 Å².